The number of amides is 2. The van der Waals surface area contributed by atoms with Crippen molar-refractivity contribution in [2.24, 2.45) is 0 Å². The van der Waals surface area contributed by atoms with Crippen LogP contribution in [0.15, 0.2) is 36.5 Å². The van der Waals surface area contributed by atoms with E-state index in [1.807, 2.05) is 39.0 Å². The highest BCUT2D eigenvalue weighted by Gasteiger charge is 2.17. The number of rotatable bonds is 6. The van der Waals surface area contributed by atoms with Crippen LogP contribution in [-0.2, 0) is 0 Å². The van der Waals surface area contributed by atoms with Crippen molar-refractivity contribution in [2.75, 3.05) is 18.4 Å². The Hall–Kier alpha value is -2.69. The molecule has 2 rings (SSSR count). The maximum Gasteiger partial charge on any atom is 0.274 e. The molecule has 1 N–H and O–H groups in total. The predicted molar refractivity (Wildman–Crippen MR) is 105 cm³/mol. The van der Waals surface area contributed by atoms with E-state index in [0.717, 1.165) is 16.8 Å². The van der Waals surface area contributed by atoms with Gasteiger partial charge in [-0.15, -0.1) is 0 Å². The zero-order valence-corrected chi connectivity index (χ0v) is 16.2. The first-order valence-electron chi connectivity index (χ1n) is 9.05. The molecule has 2 amide bonds. The summed E-state index contributed by atoms with van der Waals surface area (Å²) in [6, 6.07) is 9.17. The molecule has 0 bridgehead atoms. The molecule has 2 aromatic rings. The standard InChI is InChI=1S/C21H27N3O2/c1-6-24(7-2)21(26)16-11-12-22-18(13-16)20(25)23-19-15(5)9-8-10-17(19)14(3)4/h8-14H,6-7H2,1-5H3,(H,23,25). The summed E-state index contributed by atoms with van der Waals surface area (Å²) in [7, 11) is 0. The minimum absolute atomic E-state index is 0.0924. The average molecular weight is 353 g/mol. The van der Waals surface area contributed by atoms with Gasteiger partial charge in [0.05, 0.1) is 0 Å². The van der Waals surface area contributed by atoms with E-state index in [9.17, 15) is 9.59 Å². The van der Waals surface area contributed by atoms with Crippen molar-refractivity contribution >= 4 is 17.5 Å². The molecule has 5 nitrogen and oxygen atoms in total. The van der Waals surface area contributed by atoms with Gasteiger partial charge in [-0.2, -0.15) is 0 Å². The molecule has 26 heavy (non-hydrogen) atoms. The number of hydrogen-bond donors (Lipinski definition) is 1. The van der Waals surface area contributed by atoms with Gasteiger partial charge in [0.1, 0.15) is 5.69 Å². The van der Waals surface area contributed by atoms with Crippen LogP contribution in [-0.4, -0.2) is 34.8 Å². The zero-order valence-electron chi connectivity index (χ0n) is 16.2. The molecule has 0 saturated carbocycles. The van der Waals surface area contributed by atoms with Crippen molar-refractivity contribution in [3.8, 4) is 0 Å². The monoisotopic (exact) mass is 353 g/mol. The molecule has 0 aliphatic heterocycles. The Balaban J connectivity index is 2.30. The molecule has 0 aliphatic carbocycles. The minimum Gasteiger partial charge on any atom is -0.339 e. The van der Waals surface area contributed by atoms with Crippen LogP contribution >= 0.6 is 0 Å². The molecule has 1 aromatic carbocycles. The van der Waals surface area contributed by atoms with Gasteiger partial charge in [-0.25, -0.2) is 0 Å². The first-order valence-corrected chi connectivity index (χ1v) is 9.05. The highest BCUT2D eigenvalue weighted by molar-refractivity contribution is 6.05. The summed E-state index contributed by atoms with van der Waals surface area (Å²) in [5.74, 6) is -0.116. The molecule has 0 spiro atoms. The van der Waals surface area contributed by atoms with Crippen LogP contribution in [0.1, 0.15) is 65.6 Å². The number of anilines is 1. The lowest BCUT2D eigenvalue weighted by Crippen LogP contribution is -2.30. The van der Waals surface area contributed by atoms with Gasteiger partial charge in [-0.05, 0) is 49.9 Å². The van der Waals surface area contributed by atoms with Gasteiger partial charge in [0.15, 0.2) is 0 Å². The number of aryl methyl sites for hydroxylation is 1. The van der Waals surface area contributed by atoms with Gasteiger partial charge in [0.25, 0.3) is 11.8 Å². The van der Waals surface area contributed by atoms with E-state index < -0.39 is 0 Å². The van der Waals surface area contributed by atoms with Crippen LogP contribution in [0, 0.1) is 6.92 Å². The van der Waals surface area contributed by atoms with Crippen molar-refractivity contribution in [1.82, 2.24) is 9.88 Å². The van der Waals surface area contributed by atoms with Gasteiger partial charge < -0.3 is 10.2 Å². The highest BCUT2D eigenvalue weighted by atomic mass is 16.2. The summed E-state index contributed by atoms with van der Waals surface area (Å²) >= 11 is 0. The Labute approximate surface area is 155 Å². The Bertz CT molecular complexity index is 796. The first-order chi connectivity index (χ1) is 12.4. The largest absolute Gasteiger partial charge is 0.339 e. The normalized spacial score (nSPS) is 10.7. The molecule has 0 unspecified atom stereocenters. The maximum atomic E-state index is 12.7. The number of aromatic nitrogens is 1. The number of carbonyl (C=O) groups excluding carboxylic acids is 2. The van der Waals surface area contributed by atoms with E-state index in [0.29, 0.717) is 18.7 Å². The molecule has 0 aliphatic rings. The molecule has 1 heterocycles. The van der Waals surface area contributed by atoms with Crippen LogP contribution in [0.4, 0.5) is 5.69 Å². The van der Waals surface area contributed by atoms with Crippen LogP contribution in [0.25, 0.3) is 0 Å². The lowest BCUT2D eigenvalue weighted by molar-refractivity contribution is 0.0773. The zero-order chi connectivity index (χ0) is 19.3. The molecule has 0 fully saturated rings. The topological polar surface area (TPSA) is 62.3 Å². The number of pyridine rings is 1. The third-order valence-corrected chi connectivity index (χ3v) is 4.46. The highest BCUT2D eigenvalue weighted by Crippen LogP contribution is 2.27. The molecule has 0 saturated heterocycles. The van der Waals surface area contributed by atoms with Crippen molar-refractivity contribution < 1.29 is 9.59 Å². The van der Waals surface area contributed by atoms with Crippen molar-refractivity contribution in [2.45, 2.75) is 40.5 Å². The Morgan fingerprint density at radius 3 is 2.46 bits per heavy atom. The summed E-state index contributed by atoms with van der Waals surface area (Å²) in [4.78, 5) is 31.1. The van der Waals surface area contributed by atoms with Crippen molar-refractivity contribution in [3.05, 3.63) is 58.9 Å². The summed E-state index contributed by atoms with van der Waals surface area (Å²) in [5.41, 5.74) is 3.60. The van der Waals surface area contributed by atoms with E-state index in [1.54, 1.807) is 17.0 Å². The second-order valence-electron chi connectivity index (χ2n) is 6.56. The van der Waals surface area contributed by atoms with Crippen molar-refractivity contribution in [3.63, 3.8) is 0 Å². The number of nitrogens with one attached hydrogen (secondary N) is 1. The summed E-state index contributed by atoms with van der Waals surface area (Å²) in [6.45, 7) is 11.3. The Morgan fingerprint density at radius 1 is 1.15 bits per heavy atom. The second kappa shape index (κ2) is 8.61. The molecule has 1 aromatic heterocycles. The summed E-state index contributed by atoms with van der Waals surface area (Å²) < 4.78 is 0. The smallest absolute Gasteiger partial charge is 0.274 e. The van der Waals surface area contributed by atoms with Gasteiger partial charge in [-0.1, -0.05) is 32.0 Å². The molecule has 0 radical (unpaired) electrons. The van der Waals surface area contributed by atoms with Gasteiger partial charge >= 0.3 is 0 Å². The Kier molecular flexibility index (Phi) is 6.50. The molecular formula is C21H27N3O2. The van der Waals surface area contributed by atoms with E-state index in [-0.39, 0.29) is 23.4 Å². The van der Waals surface area contributed by atoms with E-state index >= 15 is 0 Å². The van der Waals surface area contributed by atoms with Crippen molar-refractivity contribution in [1.29, 1.82) is 0 Å². The maximum absolute atomic E-state index is 12.7. The fourth-order valence-electron chi connectivity index (χ4n) is 2.90. The quantitative estimate of drug-likeness (QED) is 0.844. The fourth-order valence-corrected chi connectivity index (χ4v) is 2.90. The predicted octanol–water partition coefficient (Wildman–Crippen LogP) is 4.25. The fraction of sp³-hybridized carbons (Fsp3) is 0.381. The lowest BCUT2D eigenvalue weighted by atomic mass is 9.98. The third kappa shape index (κ3) is 4.28. The summed E-state index contributed by atoms with van der Waals surface area (Å²) in [5, 5.41) is 2.97. The number of carbonyl (C=O) groups is 2. The minimum atomic E-state index is -0.310. The number of nitrogens with zero attached hydrogens (tertiary/aromatic N) is 2. The van der Waals surface area contributed by atoms with Crippen LogP contribution in [0.2, 0.25) is 0 Å². The second-order valence-corrected chi connectivity index (χ2v) is 6.56. The molecule has 5 heteroatoms. The molecule has 138 valence electrons. The third-order valence-electron chi connectivity index (χ3n) is 4.46. The van der Waals surface area contributed by atoms with Gasteiger partial charge in [0, 0.05) is 30.5 Å². The van der Waals surface area contributed by atoms with Crippen LogP contribution in [0.5, 0.6) is 0 Å². The van der Waals surface area contributed by atoms with Gasteiger partial charge in [0.2, 0.25) is 0 Å². The summed E-state index contributed by atoms with van der Waals surface area (Å²) in [6.07, 6.45) is 1.51. The van der Waals surface area contributed by atoms with E-state index in [4.69, 9.17) is 0 Å². The van der Waals surface area contributed by atoms with E-state index in [2.05, 4.69) is 24.1 Å². The number of benzene rings is 1. The number of para-hydroxylation sites is 1. The Morgan fingerprint density at radius 2 is 1.85 bits per heavy atom. The first kappa shape index (κ1) is 19.6. The SMILES string of the molecule is CCN(CC)C(=O)c1ccnc(C(=O)Nc2c(C)cccc2C(C)C)c1. The number of hydrogen-bond acceptors (Lipinski definition) is 3. The van der Waals surface area contributed by atoms with Gasteiger partial charge in [-0.3, -0.25) is 14.6 Å². The van der Waals surface area contributed by atoms with Crippen LogP contribution in [0.3, 0.4) is 0 Å². The molecular weight excluding hydrogens is 326 g/mol. The average Bonchev–Trinajstić information content (AvgIpc) is 2.64. The molecule has 0 atom stereocenters. The van der Waals surface area contributed by atoms with E-state index in [1.165, 1.54) is 6.20 Å². The van der Waals surface area contributed by atoms with Crippen LogP contribution < -0.4 is 5.32 Å². The lowest BCUT2D eigenvalue weighted by Gasteiger charge is -2.19.